The van der Waals surface area contributed by atoms with E-state index in [0.717, 1.165) is 35.6 Å². The Bertz CT molecular complexity index is 950. The van der Waals surface area contributed by atoms with Crippen molar-refractivity contribution in [3.63, 3.8) is 0 Å². The summed E-state index contributed by atoms with van der Waals surface area (Å²) in [5.41, 5.74) is 16.1. The molecule has 7 heteroatoms. The first-order valence-corrected chi connectivity index (χ1v) is 8.42. The lowest BCUT2D eigenvalue weighted by molar-refractivity contribution is 0.385. The van der Waals surface area contributed by atoms with E-state index in [1.807, 2.05) is 18.2 Å². The van der Waals surface area contributed by atoms with Crippen LogP contribution in [-0.2, 0) is 5.41 Å². The van der Waals surface area contributed by atoms with E-state index in [9.17, 15) is 0 Å². The fourth-order valence-corrected chi connectivity index (χ4v) is 3.99. The predicted octanol–water partition coefficient (Wildman–Crippen LogP) is 3.24. The zero-order chi connectivity index (χ0) is 17.8. The molecule has 0 fully saturated rings. The van der Waals surface area contributed by atoms with Gasteiger partial charge in [-0.05, 0) is 30.5 Å². The first kappa shape index (κ1) is 15.7. The Labute approximate surface area is 146 Å². The standard InChI is InChI=1S/C18H22N6O/c1-10(2)7-18(3)8-24(14-15(18)21-9-22-16(14)19)11-4-5-13-12(6-11)23-17(20)25-13/h4-6,9-10H,7-8H2,1-3H3,(H2,20,23)(H2,19,21,22). The van der Waals surface area contributed by atoms with Gasteiger partial charge in [-0.2, -0.15) is 4.98 Å². The molecule has 3 heterocycles. The number of anilines is 4. The van der Waals surface area contributed by atoms with E-state index in [2.05, 4.69) is 40.6 Å². The summed E-state index contributed by atoms with van der Waals surface area (Å²) in [6.07, 6.45) is 2.57. The van der Waals surface area contributed by atoms with Gasteiger partial charge in [0.15, 0.2) is 11.4 Å². The summed E-state index contributed by atoms with van der Waals surface area (Å²) < 4.78 is 5.37. The normalized spacial score (nSPS) is 19.8. The van der Waals surface area contributed by atoms with Crippen molar-refractivity contribution in [2.45, 2.75) is 32.6 Å². The molecule has 1 aromatic carbocycles. The Kier molecular flexibility index (Phi) is 3.35. The third-order valence-corrected chi connectivity index (χ3v) is 4.76. The maximum atomic E-state index is 6.22. The summed E-state index contributed by atoms with van der Waals surface area (Å²) in [6, 6.07) is 6.00. The summed E-state index contributed by atoms with van der Waals surface area (Å²) >= 11 is 0. The molecule has 25 heavy (non-hydrogen) atoms. The summed E-state index contributed by atoms with van der Waals surface area (Å²) in [4.78, 5) is 15.2. The molecule has 2 aromatic heterocycles. The maximum absolute atomic E-state index is 6.22. The average Bonchev–Trinajstić information content (AvgIpc) is 3.04. The minimum absolute atomic E-state index is 0.0850. The molecular formula is C18H22N6O. The van der Waals surface area contributed by atoms with Gasteiger partial charge < -0.3 is 20.8 Å². The van der Waals surface area contributed by atoms with Gasteiger partial charge in [0.1, 0.15) is 17.5 Å². The van der Waals surface area contributed by atoms with Gasteiger partial charge in [0.05, 0.1) is 5.69 Å². The molecule has 1 aliphatic rings. The Morgan fingerprint density at radius 3 is 2.84 bits per heavy atom. The molecule has 4 N–H and O–H groups in total. The van der Waals surface area contributed by atoms with Crippen molar-refractivity contribution in [3.8, 4) is 0 Å². The van der Waals surface area contributed by atoms with Gasteiger partial charge >= 0.3 is 0 Å². The zero-order valence-corrected chi connectivity index (χ0v) is 14.7. The number of nitrogens with zero attached hydrogens (tertiary/aromatic N) is 4. The van der Waals surface area contributed by atoms with Gasteiger partial charge in [-0.1, -0.05) is 20.8 Å². The molecule has 1 atom stereocenters. The van der Waals surface area contributed by atoms with Crippen LogP contribution in [-0.4, -0.2) is 21.5 Å². The zero-order valence-electron chi connectivity index (χ0n) is 14.7. The van der Waals surface area contributed by atoms with Crippen LogP contribution >= 0.6 is 0 Å². The van der Waals surface area contributed by atoms with Crippen molar-refractivity contribution in [1.29, 1.82) is 0 Å². The molecule has 3 aromatic rings. The summed E-state index contributed by atoms with van der Waals surface area (Å²) in [5.74, 6) is 1.05. The van der Waals surface area contributed by atoms with Gasteiger partial charge in [-0.15, -0.1) is 0 Å². The van der Waals surface area contributed by atoms with Crippen LogP contribution in [0.5, 0.6) is 0 Å². The van der Waals surface area contributed by atoms with Gasteiger partial charge in [-0.3, -0.25) is 0 Å². The van der Waals surface area contributed by atoms with Crippen LogP contribution in [0.4, 0.5) is 23.2 Å². The lowest BCUT2D eigenvalue weighted by atomic mass is 9.80. The van der Waals surface area contributed by atoms with E-state index < -0.39 is 0 Å². The average molecular weight is 338 g/mol. The van der Waals surface area contributed by atoms with E-state index in [4.69, 9.17) is 15.9 Å². The van der Waals surface area contributed by atoms with E-state index >= 15 is 0 Å². The van der Waals surface area contributed by atoms with Crippen molar-refractivity contribution < 1.29 is 4.42 Å². The highest BCUT2D eigenvalue weighted by atomic mass is 16.4. The minimum atomic E-state index is -0.0850. The first-order valence-electron chi connectivity index (χ1n) is 8.42. The van der Waals surface area contributed by atoms with Crippen LogP contribution in [0.1, 0.15) is 32.9 Å². The van der Waals surface area contributed by atoms with E-state index in [-0.39, 0.29) is 11.4 Å². The second-order valence-corrected chi connectivity index (χ2v) is 7.41. The van der Waals surface area contributed by atoms with Crippen molar-refractivity contribution >= 4 is 34.3 Å². The molecule has 0 spiro atoms. The topological polar surface area (TPSA) is 107 Å². The summed E-state index contributed by atoms with van der Waals surface area (Å²) in [7, 11) is 0. The van der Waals surface area contributed by atoms with E-state index in [1.54, 1.807) is 6.33 Å². The van der Waals surface area contributed by atoms with Crippen LogP contribution in [0, 0.1) is 5.92 Å². The Balaban J connectivity index is 1.85. The fourth-order valence-electron chi connectivity index (χ4n) is 3.99. The third-order valence-electron chi connectivity index (χ3n) is 4.76. The van der Waals surface area contributed by atoms with Crippen molar-refractivity contribution in [3.05, 3.63) is 30.2 Å². The van der Waals surface area contributed by atoms with Crippen LogP contribution in [0.25, 0.3) is 11.1 Å². The Morgan fingerprint density at radius 1 is 1.28 bits per heavy atom. The SMILES string of the molecule is CC(C)CC1(C)CN(c2ccc3oc(N)nc3c2)c2c(N)ncnc21. The highest BCUT2D eigenvalue weighted by Crippen LogP contribution is 2.48. The van der Waals surface area contributed by atoms with Crippen molar-refractivity contribution in [2.24, 2.45) is 5.92 Å². The largest absolute Gasteiger partial charge is 0.424 e. The minimum Gasteiger partial charge on any atom is -0.424 e. The molecule has 1 unspecified atom stereocenters. The molecule has 0 saturated heterocycles. The van der Waals surface area contributed by atoms with Crippen LogP contribution in [0.2, 0.25) is 0 Å². The second-order valence-electron chi connectivity index (χ2n) is 7.41. The highest BCUT2D eigenvalue weighted by Gasteiger charge is 2.42. The predicted molar refractivity (Wildman–Crippen MR) is 98.7 cm³/mol. The number of nitrogens with two attached hydrogens (primary N) is 2. The molecule has 0 bridgehead atoms. The number of rotatable bonds is 3. The van der Waals surface area contributed by atoms with Crippen molar-refractivity contribution in [2.75, 3.05) is 22.9 Å². The Hall–Kier alpha value is -2.83. The number of hydrogen-bond acceptors (Lipinski definition) is 7. The smallest absolute Gasteiger partial charge is 0.292 e. The van der Waals surface area contributed by atoms with Gasteiger partial charge in [0.25, 0.3) is 6.01 Å². The summed E-state index contributed by atoms with van der Waals surface area (Å²) in [6.45, 7) is 7.48. The molecule has 0 saturated carbocycles. The van der Waals surface area contributed by atoms with Crippen LogP contribution in [0.15, 0.2) is 28.9 Å². The highest BCUT2D eigenvalue weighted by molar-refractivity contribution is 5.85. The number of hydrogen-bond donors (Lipinski definition) is 2. The van der Waals surface area contributed by atoms with Gasteiger partial charge in [0.2, 0.25) is 0 Å². The molecular weight excluding hydrogens is 316 g/mol. The fraction of sp³-hybridized carbons (Fsp3) is 0.389. The van der Waals surface area contributed by atoms with E-state index in [0.29, 0.717) is 17.3 Å². The number of fused-ring (bicyclic) bond motifs is 2. The monoisotopic (exact) mass is 338 g/mol. The molecule has 4 rings (SSSR count). The third kappa shape index (κ3) is 2.47. The summed E-state index contributed by atoms with van der Waals surface area (Å²) in [5, 5.41) is 0. The van der Waals surface area contributed by atoms with Crippen molar-refractivity contribution in [1.82, 2.24) is 15.0 Å². The molecule has 0 amide bonds. The second kappa shape index (κ2) is 5.34. The lowest BCUT2D eigenvalue weighted by Crippen LogP contribution is -2.30. The van der Waals surface area contributed by atoms with Gasteiger partial charge in [-0.25, -0.2) is 9.97 Å². The molecule has 7 nitrogen and oxygen atoms in total. The van der Waals surface area contributed by atoms with E-state index in [1.165, 1.54) is 0 Å². The van der Waals surface area contributed by atoms with Crippen LogP contribution in [0.3, 0.4) is 0 Å². The number of oxazole rings is 1. The molecule has 1 aliphatic heterocycles. The Morgan fingerprint density at radius 2 is 2.08 bits per heavy atom. The molecule has 0 aliphatic carbocycles. The maximum Gasteiger partial charge on any atom is 0.292 e. The lowest BCUT2D eigenvalue weighted by Gasteiger charge is -2.27. The van der Waals surface area contributed by atoms with Gasteiger partial charge in [0, 0.05) is 17.6 Å². The number of aromatic nitrogens is 3. The quantitative estimate of drug-likeness (QED) is 0.755. The first-order chi connectivity index (χ1) is 11.9. The van der Waals surface area contributed by atoms with Crippen LogP contribution < -0.4 is 16.4 Å². The number of benzene rings is 1. The number of nitrogen functional groups attached to an aromatic ring is 2. The molecule has 130 valence electrons. The molecule has 0 radical (unpaired) electrons.